The van der Waals surface area contributed by atoms with Crippen LogP contribution in [0.2, 0.25) is 0 Å². The average Bonchev–Trinajstić information content (AvgIpc) is 3.13. The molecular formula is C17H17NO5S2. The summed E-state index contributed by atoms with van der Waals surface area (Å²) in [7, 11) is 1.26. The van der Waals surface area contributed by atoms with E-state index in [2.05, 4.69) is 10.1 Å². The summed E-state index contributed by atoms with van der Waals surface area (Å²) in [5.41, 5.74) is 0.540. The largest absolute Gasteiger partial charge is 0.465 e. The Hall–Kier alpha value is -2.32. The van der Waals surface area contributed by atoms with Crippen LogP contribution in [-0.2, 0) is 24.8 Å². The topological polar surface area (TPSA) is 81.7 Å². The summed E-state index contributed by atoms with van der Waals surface area (Å²) >= 11 is 3.05. The molecule has 0 saturated heterocycles. The molecule has 8 heteroatoms. The molecule has 1 amide bonds. The van der Waals surface area contributed by atoms with Gasteiger partial charge in [-0.2, -0.15) is 0 Å². The monoisotopic (exact) mass is 379 g/mol. The van der Waals surface area contributed by atoms with Gasteiger partial charge in [-0.3, -0.25) is 9.59 Å². The number of nitrogens with one attached hydrogen (secondary N) is 1. The van der Waals surface area contributed by atoms with Crippen molar-refractivity contribution in [3.8, 4) is 0 Å². The summed E-state index contributed by atoms with van der Waals surface area (Å²) in [5, 5.41) is 4.51. The number of rotatable bonds is 8. The highest BCUT2D eigenvalue weighted by Crippen LogP contribution is 2.17. The van der Waals surface area contributed by atoms with Crippen molar-refractivity contribution < 1.29 is 23.9 Å². The molecule has 0 aliphatic rings. The molecule has 0 saturated carbocycles. The van der Waals surface area contributed by atoms with Crippen LogP contribution in [0.3, 0.4) is 0 Å². The third-order valence-corrected chi connectivity index (χ3v) is 5.03. The molecule has 0 bridgehead atoms. The van der Waals surface area contributed by atoms with Crippen LogP contribution in [-0.4, -0.2) is 37.3 Å². The molecule has 6 nitrogen and oxygen atoms in total. The molecule has 1 N–H and O–H groups in total. The third kappa shape index (κ3) is 6.24. The Morgan fingerprint density at radius 2 is 1.96 bits per heavy atom. The van der Waals surface area contributed by atoms with E-state index in [1.807, 2.05) is 17.5 Å². The van der Waals surface area contributed by atoms with Crippen LogP contribution in [0.5, 0.6) is 0 Å². The van der Waals surface area contributed by atoms with Crippen LogP contribution in [0, 0.1) is 0 Å². The van der Waals surface area contributed by atoms with Gasteiger partial charge >= 0.3 is 11.9 Å². The number of benzene rings is 1. The maximum absolute atomic E-state index is 11.9. The van der Waals surface area contributed by atoms with E-state index < -0.39 is 24.5 Å². The van der Waals surface area contributed by atoms with Crippen molar-refractivity contribution in [1.29, 1.82) is 0 Å². The summed E-state index contributed by atoms with van der Waals surface area (Å²) in [5.74, 6) is -0.640. The second-order valence-corrected chi connectivity index (χ2v) is 6.84. The van der Waals surface area contributed by atoms with Gasteiger partial charge < -0.3 is 14.8 Å². The highest BCUT2D eigenvalue weighted by molar-refractivity contribution is 7.99. The Balaban J connectivity index is 1.75. The van der Waals surface area contributed by atoms with Crippen molar-refractivity contribution in [2.75, 3.05) is 24.8 Å². The lowest BCUT2D eigenvalue weighted by molar-refractivity contribution is -0.144. The van der Waals surface area contributed by atoms with E-state index in [0.29, 0.717) is 5.69 Å². The Morgan fingerprint density at radius 3 is 2.68 bits per heavy atom. The molecule has 1 aromatic heterocycles. The number of carbonyl (C=O) groups is 3. The maximum Gasteiger partial charge on any atom is 0.339 e. The first-order chi connectivity index (χ1) is 12.1. The molecular weight excluding hydrogens is 362 g/mol. The van der Waals surface area contributed by atoms with Crippen LogP contribution in [0.1, 0.15) is 15.2 Å². The lowest BCUT2D eigenvalue weighted by Gasteiger charge is -2.10. The van der Waals surface area contributed by atoms with Gasteiger partial charge in [0.1, 0.15) is 0 Å². The van der Waals surface area contributed by atoms with Gasteiger partial charge in [-0.15, -0.1) is 23.1 Å². The van der Waals surface area contributed by atoms with Crippen LogP contribution < -0.4 is 5.32 Å². The zero-order valence-electron chi connectivity index (χ0n) is 13.5. The van der Waals surface area contributed by atoms with Gasteiger partial charge in [0.25, 0.3) is 5.91 Å². The van der Waals surface area contributed by atoms with Crippen molar-refractivity contribution in [2.24, 2.45) is 0 Å². The molecule has 0 aliphatic carbocycles. The van der Waals surface area contributed by atoms with Gasteiger partial charge in [-0.25, -0.2) is 4.79 Å². The average molecular weight is 379 g/mol. The van der Waals surface area contributed by atoms with Gasteiger partial charge in [0.05, 0.1) is 24.1 Å². The van der Waals surface area contributed by atoms with E-state index in [-0.39, 0.29) is 11.3 Å². The summed E-state index contributed by atoms with van der Waals surface area (Å²) < 4.78 is 9.59. The van der Waals surface area contributed by atoms with Crippen LogP contribution in [0.25, 0.3) is 0 Å². The molecule has 0 spiro atoms. The second kappa shape index (κ2) is 9.85. The van der Waals surface area contributed by atoms with Crippen molar-refractivity contribution in [3.05, 3.63) is 52.2 Å². The van der Waals surface area contributed by atoms with Crippen LogP contribution >= 0.6 is 23.1 Å². The number of methoxy groups -OCH3 is 1. The number of thiophene rings is 1. The van der Waals surface area contributed by atoms with E-state index in [0.717, 1.165) is 5.75 Å². The fraction of sp³-hybridized carbons (Fsp3) is 0.235. The number of esters is 2. The van der Waals surface area contributed by atoms with Gasteiger partial charge in [0.2, 0.25) is 0 Å². The van der Waals surface area contributed by atoms with Gasteiger partial charge in [0, 0.05) is 10.6 Å². The number of para-hydroxylation sites is 1. The highest BCUT2D eigenvalue weighted by Gasteiger charge is 2.14. The van der Waals surface area contributed by atoms with Crippen molar-refractivity contribution in [3.63, 3.8) is 0 Å². The standard InChI is InChI=1S/C17H17NO5S2/c1-22-17(21)13-6-2-3-7-14(13)18-15(19)9-23-16(20)11-24-10-12-5-4-8-25-12/h2-8H,9-11H2,1H3,(H,18,19). The predicted molar refractivity (Wildman–Crippen MR) is 97.9 cm³/mol. The van der Waals surface area contributed by atoms with Gasteiger partial charge in [0.15, 0.2) is 6.61 Å². The molecule has 0 aliphatic heterocycles. The van der Waals surface area contributed by atoms with Gasteiger partial charge in [-0.05, 0) is 23.6 Å². The van der Waals surface area contributed by atoms with Gasteiger partial charge in [-0.1, -0.05) is 18.2 Å². The molecule has 0 fully saturated rings. The smallest absolute Gasteiger partial charge is 0.339 e. The lowest BCUT2D eigenvalue weighted by atomic mass is 10.2. The highest BCUT2D eigenvalue weighted by atomic mass is 32.2. The summed E-state index contributed by atoms with van der Waals surface area (Å²) in [4.78, 5) is 36.4. The minimum absolute atomic E-state index is 0.171. The molecule has 0 atom stereocenters. The fourth-order valence-electron chi connectivity index (χ4n) is 1.88. The second-order valence-electron chi connectivity index (χ2n) is 4.82. The third-order valence-electron chi connectivity index (χ3n) is 3.02. The van der Waals surface area contributed by atoms with E-state index in [9.17, 15) is 14.4 Å². The quantitative estimate of drug-likeness (QED) is 0.710. The van der Waals surface area contributed by atoms with E-state index in [4.69, 9.17) is 4.74 Å². The first-order valence-electron chi connectivity index (χ1n) is 7.33. The zero-order valence-corrected chi connectivity index (χ0v) is 15.2. The molecule has 1 heterocycles. The molecule has 2 rings (SSSR count). The SMILES string of the molecule is COC(=O)c1ccccc1NC(=O)COC(=O)CSCc1cccs1. The van der Waals surface area contributed by atoms with Crippen LogP contribution in [0.15, 0.2) is 41.8 Å². The maximum atomic E-state index is 11.9. The number of thioether (sulfide) groups is 1. The van der Waals surface area contributed by atoms with Crippen molar-refractivity contribution in [1.82, 2.24) is 0 Å². The molecule has 0 radical (unpaired) electrons. The normalized spacial score (nSPS) is 10.1. The Bertz CT molecular complexity index is 730. The Kier molecular flexibility index (Phi) is 7.49. The first kappa shape index (κ1) is 19.0. The van der Waals surface area contributed by atoms with Crippen molar-refractivity contribution >= 4 is 46.6 Å². The molecule has 0 unspecified atom stereocenters. The first-order valence-corrected chi connectivity index (χ1v) is 9.36. The molecule has 25 heavy (non-hydrogen) atoms. The lowest BCUT2D eigenvalue weighted by Crippen LogP contribution is -2.22. The summed E-state index contributed by atoms with van der Waals surface area (Å²) in [6, 6.07) is 10.4. The minimum Gasteiger partial charge on any atom is -0.465 e. The molecule has 2 aromatic rings. The molecule has 132 valence electrons. The Morgan fingerprint density at radius 1 is 1.16 bits per heavy atom. The number of amides is 1. The van der Waals surface area contributed by atoms with E-state index in [1.165, 1.54) is 29.8 Å². The fourth-order valence-corrected chi connectivity index (χ4v) is 3.54. The molecule has 1 aromatic carbocycles. The minimum atomic E-state index is -0.558. The van der Waals surface area contributed by atoms with E-state index in [1.54, 1.807) is 29.5 Å². The van der Waals surface area contributed by atoms with E-state index >= 15 is 0 Å². The predicted octanol–water partition coefficient (Wildman–Crippen LogP) is 2.95. The summed E-state index contributed by atoms with van der Waals surface area (Å²) in [6.07, 6.45) is 0. The number of carbonyl (C=O) groups excluding carboxylic acids is 3. The number of anilines is 1. The Labute approximate surface area is 153 Å². The number of ether oxygens (including phenoxy) is 2. The number of hydrogen-bond donors (Lipinski definition) is 1. The summed E-state index contributed by atoms with van der Waals surface area (Å²) in [6.45, 7) is -0.409. The van der Waals surface area contributed by atoms with Crippen molar-refractivity contribution in [2.45, 2.75) is 5.75 Å². The van der Waals surface area contributed by atoms with Crippen LogP contribution in [0.4, 0.5) is 5.69 Å². The number of hydrogen-bond acceptors (Lipinski definition) is 7. The zero-order chi connectivity index (χ0) is 18.1.